The maximum absolute atomic E-state index is 12.0. The van der Waals surface area contributed by atoms with Crippen molar-refractivity contribution < 1.29 is 24.2 Å². The van der Waals surface area contributed by atoms with Crippen LogP contribution in [0.4, 0.5) is 4.79 Å². The number of thioether (sulfide) groups is 1. The Morgan fingerprint density at radius 3 is 2.09 bits per heavy atom. The number of rotatable bonds is 15. The summed E-state index contributed by atoms with van der Waals surface area (Å²) in [5.74, 6) is -0.541. The van der Waals surface area contributed by atoms with Crippen LogP contribution in [-0.4, -0.2) is 52.8 Å². The van der Waals surface area contributed by atoms with Crippen LogP contribution < -0.4 is 10.6 Å². The molecule has 2 amide bonds. The van der Waals surface area contributed by atoms with Crippen molar-refractivity contribution in [3.05, 3.63) is 34.9 Å². The number of carboxylic acids is 1. The summed E-state index contributed by atoms with van der Waals surface area (Å²) in [6.45, 7) is 13.8. The molecule has 7 nitrogen and oxygen atoms in total. The van der Waals surface area contributed by atoms with Crippen LogP contribution in [0.25, 0.3) is 0 Å². The minimum atomic E-state index is -1.07. The number of carbonyl (C=O) groups is 3. The lowest BCUT2D eigenvalue weighted by atomic mass is 10.1. The van der Waals surface area contributed by atoms with Crippen LogP contribution in [0.1, 0.15) is 80.6 Å². The first kappa shape index (κ1) is 31.8. The van der Waals surface area contributed by atoms with E-state index in [9.17, 15) is 19.5 Å². The third-order valence-corrected chi connectivity index (χ3v) is 5.58. The first-order valence-corrected chi connectivity index (χ1v) is 13.0. The van der Waals surface area contributed by atoms with Gasteiger partial charge < -0.3 is 20.5 Å². The van der Waals surface area contributed by atoms with Gasteiger partial charge in [-0.2, -0.15) is 11.8 Å². The molecule has 3 N–H and O–H groups in total. The number of aliphatic carboxylic acids is 1. The van der Waals surface area contributed by atoms with Crippen LogP contribution >= 0.6 is 11.8 Å². The summed E-state index contributed by atoms with van der Waals surface area (Å²) in [5.41, 5.74) is 3.40. The van der Waals surface area contributed by atoms with Crippen molar-refractivity contribution in [3.63, 3.8) is 0 Å². The predicted molar refractivity (Wildman–Crippen MR) is 141 cm³/mol. The molecule has 194 valence electrons. The van der Waals surface area contributed by atoms with Gasteiger partial charge in [-0.05, 0) is 74.1 Å². The van der Waals surface area contributed by atoms with Gasteiger partial charge in [0.2, 0.25) is 5.91 Å². The second kappa shape index (κ2) is 17.2. The van der Waals surface area contributed by atoms with E-state index in [1.807, 2.05) is 0 Å². The Bertz CT molecular complexity index is 747. The van der Waals surface area contributed by atoms with Gasteiger partial charge in [0.1, 0.15) is 11.6 Å². The molecule has 34 heavy (non-hydrogen) atoms. The molecule has 8 heteroatoms. The van der Waals surface area contributed by atoms with Crippen molar-refractivity contribution in [2.24, 2.45) is 0 Å². The maximum atomic E-state index is 12.0. The Balaban J connectivity index is 4.25. The summed E-state index contributed by atoms with van der Waals surface area (Å²) in [4.78, 5) is 35.1. The lowest BCUT2D eigenvalue weighted by molar-refractivity contribution is -0.141. The molecule has 0 radical (unpaired) electrons. The predicted octanol–water partition coefficient (Wildman–Crippen LogP) is 5.62. The van der Waals surface area contributed by atoms with E-state index in [4.69, 9.17) is 4.74 Å². The van der Waals surface area contributed by atoms with E-state index >= 15 is 0 Å². The van der Waals surface area contributed by atoms with E-state index in [2.05, 4.69) is 56.6 Å². The van der Waals surface area contributed by atoms with Crippen molar-refractivity contribution in [2.75, 3.05) is 18.1 Å². The number of allylic oxidation sites excluding steroid dienone is 5. The number of amides is 2. The molecule has 0 bridgehead atoms. The highest BCUT2D eigenvalue weighted by atomic mass is 32.2. The molecule has 0 aromatic heterocycles. The number of ether oxygens (including phenoxy) is 1. The van der Waals surface area contributed by atoms with Crippen molar-refractivity contribution in [3.8, 4) is 0 Å². The van der Waals surface area contributed by atoms with Gasteiger partial charge in [-0.3, -0.25) is 4.79 Å². The van der Waals surface area contributed by atoms with Gasteiger partial charge in [0.05, 0.1) is 0 Å². The molecule has 0 aliphatic rings. The first-order valence-electron chi connectivity index (χ1n) is 11.8. The zero-order valence-corrected chi connectivity index (χ0v) is 22.8. The van der Waals surface area contributed by atoms with Crippen LogP contribution in [-0.2, 0) is 14.3 Å². The fraction of sp³-hybridized carbons (Fsp3) is 0.654. The largest absolute Gasteiger partial charge is 0.480 e. The Morgan fingerprint density at radius 1 is 0.941 bits per heavy atom. The van der Waals surface area contributed by atoms with Crippen LogP contribution in [0, 0.1) is 0 Å². The molecule has 0 aromatic rings. The number of carboxylic acid groups (broad SMARTS) is 1. The average molecular weight is 497 g/mol. The average Bonchev–Trinajstić information content (AvgIpc) is 2.68. The molecule has 0 spiro atoms. The monoisotopic (exact) mass is 496 g/mol. The van der Waals surface area contributed by atoms with Gasteiger partial charge in [-0.25, -0.2) is 9.59 Å². The van der Waals surface area contributed by atoms with Gasteiger partial charge in [0.25, 0.3) is 0 Å². The van der Waals surface area contributed by atoms with E-state index in [0.29, 0.717) is 5.75 Å². The first-order chi connectivity index (χ1) is 15.8. The molecule has 1 unspecified atom stereocenters. The number of nitrogens with one attached hydrogen (secondary N) is 2. The highest BCUT2D eigenvalue weighted by molar-refractivity contribution is 7.99. The summed E-state index contributed by atoms with van der Waals surface area (Å²) in [5, 5.41) is 14.4. The molecule has 0 aromatic carbocycles. The Morgan fingerprint density at radius 2 is 1.53 bits per heavy atom. The molecule has 0 rings (SSSR count). The number of carbonyl (C=O) groups excluding carboxylic acids is 2. The van der Waals surface area contributed by atoms with Crippen molar-refractivity contribution in [1.82, 2.24) is 10.6 Å². The maximum Gasteiger partial charge on any atom is 0.407 e. The summed E-state index contributed by atoms with van der Waals surface area (Å²) in [7, 11) is 0. The van der Waals surface area contributed by atoms with Crippen LogP contribution in [0.15, 0.2) is 34.9 Å². The van der Waals surface area contributed by atoms with Gasteiger partial charge in [0.15, 0.2) is 0 Å². The Kier molecular flexibility index (Phi) is 16.1. The quantitative estimate of drug-likeness (QED) is 0.201. The molecule has 0 fully saturated rings. The van der Waals surface area contributed by atoms with Crippen molar-refractivity contribution in [1.29, 1.82) is 0 Å². The van der Waals surface area contributed by atoms with Crippen LogP contribution in [0.3, 0.4) is 0 Å². The molecular formula is C26H44N2O5S. The minimum Gasteiger partial charge on any atom is -0.480 e. The van der Waals surface area contributed by atoms with E-state index in [-0.39, 0.29) is 18.7 Å². The lowest BCUT2D eigenvalue weighted by Crippen LogP contribution is -2.43. The Hall–Kier alpha value is -2.22. The zero-order valence-electron chi connectivity index (χ0n) is 22.0. The Labute approximate surface area is 209 Å². The fourth-order valence-corrected chi connectivity index (χ4v) is 3.76. The zero-order chi connectivity index (χ0) is 26.1. The third kappa shape index (κ3) is 19.3. The molecule has 0 heterocycles. The highest BCUT2D eigenvalue weighted by Crippen LogP contribution is 2.13. The normalized spacial score (nSPS) is 13.1. The summed E-state index contributed by atoms with van der Waals surface area (Å²) in [6, 6.07) is -0.973. The van der Waals surface area contributed by atoms with Gasteiger partial charge in [-0.1, -0.05) is 34.9 Å². The number of alkyl carbamates (subject to hydrolysis) is 1. The van der Waals surface area contributed by atoms with E-state index < -0.39 is 29.6 Å². The molecule has 1 atom stereocenters. The topological polar surface area (TPSA) is 105 Å². The standard InChI is InChI=1S/C26H44N2O5S/c1-19(2)10-8-11-20(3)12-9-13-21(4)15-17-34-18-22(24(30)31)28-23(29)14-16-27-25(32)33-26(5,6)7/h10,12,15,22H,8-9,11,13-14,16-18H2,1-7H3,(H,27,32)(H,28,29)(H,30,31). The smallest absolute Gasteiger partial charge is 0.407 e. The third-order valence-electron chi connectivity index (χ3n) is 4.61. The van der Waals surface area contributed by atoms with Gasteiger partial charge >= 0.3 is 12.1 Å². The van der Waals surface area contributed by atoms with Crippen LogP contribution in [0.2, 0.25) is 0 Å². The summed E-state index contributed by atoms with van der Waals surface area (Å²) in [6.07, 6.45) is 10.2. The van der Waals surface area contributed by atoms with E-state index in [1.165, 1.54) is 28.5 Å². The lowest BCUT2D eigenvalue weighted by Gasteiger charge is -2.19. The fourth-order valence-electron chi connectivity index (χ4n) is 2.76. The highest BCUT2D eigenvalue weighted by Gasteiger charge is 2.20. The summed E-state index contributed by atoms with van der Waals surface area (Å²) >= 11 is 1.47. The van der Waals surface area contributed by atoms with E-state index in [0.717, 1.165) is 25.7 Å². The molecular weight excluding hydrogens is 452 g/mol. The van der Waals surface area contributed by atoms with E-state index in [1.54, 1.807) is 20.8 Å². The SMILES string of the molecule is CC(C)=CCCC(C)=CCCC(C)=CCSCC(NC(=O)CCNC(=O)OC(C)(C)C)C(=O)O. The molecule has 0 aliphatic carbocycles. The van der Waals surface area contributed by atoms with Gasteiger partial charge in [-0.15, -0.1) is 0 Å². The van der Waals surface area contributed by atoms with Crippen molar-refractivity contribution in [2.45, 2.75) is 92.2 Å². The second-order valence-corrected chi connectivity index (χ2v) is 10.7. The molecule has 0 saturated heterocycles. The second-order valence-electron chi connectivity index (χ2n) is 9.63. The molecule has 0 saturated carbocycles. The van der Waals surface area contributed by atoms with Crippen LogP contribution in [0.5, 0.6) is 0 Å². The molecule has 0 aliphatic heterocycles. The minimum absolute atomic E-state index is 0.0199. The number of hydrogen-bond donors (Lipinski definition) is 3. The van der Waals surface area contributed by atoms with Crippen molar-refractivity contribution >= 4 is 29.7 Å². The summed E-state index contributed by atoms with van der Waals surface area (Å²) < 4.78 is 5.09. The van der Waals surface area contributed by atoms with Gasteiger partial charge in [0, 0.05) is 24.5 Å². The number of hydrogen-bond acceptors (Lipinski definition) is 5.